The first-order valence-electron chi connectivity index (χ1n) is 6.30. The summed E-state index contributed by atoms with van der Waals surface area (Å²) in [5, 5.41) is 13.6. The molecule has 0 aliphatic heterocycles. The van der Waals surface area contributed by atoms with Gasteiger partial charge in [-0.2, -0.15) is 0 Å². The van der Waals surface area contributed by atoms with Gasteiger partial charge in [-0.25, -0.2) is 4.98 Å². The van der Waals surface area contributed by atoms with E-state index in [9.17, 15) is 5.11 Å². The van der Waals surface area contributed by atoms with Crippen LogP contribution in [0.5, 0.6) is 0 Å². The fourth-order valence-corrected chi connectivity index (χ4v) is 2.11. The molecular formula is C14H17Cl2N3O. The van der Waals surface area contributed by atoms with Crippen molar-refractivity contribution < 1.29 is 5.11 Å². The van der Waals surface area contributed by atoms with E-state index in [0.29, 0.717) is 26.9 Å². The zero-order valence-electron chi connectivity index (χ0n) is 11.6. The number of nitrogens with zero attached hydrogens (tertiary/aromatic N) is 2. The normalized spacial score (nSPS) is 13.5. The molecule has 1 atom stereocenters. The van der Waals surface area contributed by atoms with Gasteiger partial charge in [0.1, 0.15) is 5.82 Å². The Morgan fingerprint density at radius 2 is 1.80 bits per heavy atom. The molecule has 2 rings (SSSR count). The summed E-state index contributed by atoms with van der Waals surface area (Å²) in [4.78, 5) is 8.75. The molecule has 108 valence electrons. The van der Waals surface area contributed by atoms with E-state index in [0.717, 1.165) is 0 Å². The van der Waals surface area contributed by atoms with Gasteiger partial charge in [-0.15, -0.1) is 0 Å². The van der Waals surface area contributed by atoms with Crippen molar-refractivity contribution >= 4 is 40.1 Å². The Morgan fingerprint density at radius 1 is 1.20 bits per heavy atom. The first-order valence-corrected chi connectivity index (χ1v) is 7.06. The van der Waals surface area contributed by atoms with Crippen molar-refractivity contribution in [2.24, 2.45) is 5.41 Å². The number of halogens is 2. The number of nitrogens with one attached hydrogen (secondary N) is 1. The molecule has 0 aliphatic rings. The van der Waals surface area contributed by atoms with Crippen LogP contribution >= 0.6 is 23.2 Å². The monoisotopic (exact) mass is 313 g/mol. The minimum atomic E-state index is -0.114. The summed E-state index contributed by atoms with van der Waals surface area (Å²) in [6.45, 7) is 6.16. The summed E-state index contributed by atoms with van der Waals surface area (Å²) >= 11 is 11.9. The number of aliphatic hydroxyl groups is 1. The smallest absolute Gasteiger partial charge is 0.145 e. The third kappa shape index (κ3) is 3.32. The van der Waals surface area contributed by atoms with Crippen LogP contribution in [0, 0.1) is 5.41 Å². The molecule has 0 amide bonds. The number of benzene rings is 1. The maximum atomic E-state index is 9.47. The molecule has 0 unspecified atom stereocenters. The molecule has 0 aliphatic carbocycles. The van der Waals surface area contributed by atoms with Crippen LogP contribution in [0.4, 0.5) is 5.82 Å². The van der Waals surface area contributed by atoms with Gasteiger partial charge in [-0.05, 0) is 17.5 Å². The second-order valence-electron chi connectivity index (χ2n) is 5.76. The Labute approximate surface area is 128 Å². The first kappa shape index (κ1) is 15.3. The van der Waals surface area contributed by atoms with Crippen LogP contribution in [0.2, 0.25) is 10.0 Å². The summed E-state index contributed by atoms with van der Waals surface area (Å²) < 4.78 is 0. The standard InChI is InChI=1S/C14H17Cl2N3O/c1-14(2,3)12(7-20)19-13-6-17-10-4-8(15)9(16)5-11(10)18-13/h4-6,12,20H,7H2,1-3H3,(H,18,19)/t12-/m1/s1. The fraction of sp³-hybridized carbons (Fsp3) is 0.429. The first-order chi connectivity index (χ1) is 9.31. The highest BCUT2D eigenvalue weighted by Gasteiger charge is 2.24. The average molecular weight is 314 g/mol. The number of hydrogen-bond donors (Lipinski definition) is 2. The van der Waals surface area contributed by atoms with Gasteiger partial charge in [-0.3, -0.25) is 4.98 Å². The molecule has 20 heavy (non-hydrogen) atoms. The Bertz CT molecular complexity index is 626. The minimum Gasteiger partial charge on any atom is -0.394 e. The van der Waals surface area contributed by atoms with E-state index in [1.807, 2.05) is 20.8 Å². The molecule has 4 nitrogen and oxygen atoms in total. The maximum Gasteiger partial charge on any atom is 0.145 e. The van der Waals surface area contributed by atoms with E-state index < -0.39 is 0 Å². The summed E-state index contributed by atoms with van der Waals surface area (Å²) in [6.07, 6.45) is 1.63. The van der Waals surface area contributed by atoms with E-state index in [-0.39, 0.29) is 18.1 Å². The lowest BCUT2D eigenvalue weighted by Crippen LogP contribution is -2.37. The predicted molar refractivity (Wildman–Crippen MR) is 83.5 cm³/mol. The van der Waals surface area contributed by atoms with Gasteiger partial charge < -0.3 is 10.4 Å². The SMILES string of the molecule is CC(C)(C)[C@@H](CO)Nc1cnc2cc(Cl)c(Cl)cc2n1. The number of rotatable bonds is 3. The number of aromatic nitrogens is 2. The van der Waals surface area contributed by atoms with Crippen molar-refractivity contribution in [1.82, 2.24) is 9.97 Å². The van der Waals surface area contributed by atoms with E-state index >= 15 is 0 Å². The van der Waals surface area contributed by atoms with Gasteiger partial charge >= 0.3 is 0 Å². The van der Waals surface area contributed by atoms with Crippen LogP contribution in [-0.2, 0) is 0 Å². The molecule has 0 saturated carbocycles. The molecule has 0 spiro atoms. The number of anilines is 1. The molecule has 2 N–H and O–H groups in total. The van der Waals surface area contributed by atoms with Crippen molar-refractivity contribution in [2.45, 2.75) is 26.8 Å². The van der Waals surface area contributed by atoms with Crippen LogP contribution in [0.1, 0.15) is 20.8 Å². The molecule has 0 radical (unpaired) electrons. The minimum absolute atomic E-state index is 0.0184. The van der Waals surface area contributed by atoms with Crippen LogP contribution in [-0.4, -0.2) is 27.7 Å². The zero-order valence-corrected chi connectivity index (χ0v) is 13.1. The number of aliphatic hydroxyl groups excluding tert-OH is 1. The average Bonchev–Trinajstić information content (AvgIpc) is 2.36. The van der Waals surface area contributed by atoms with Crippen LogP contribution in [0.25, 0.3) is 11.0 Å². The van der Waals surface area contributed by atoms with Gasteiger partial charge in [0.15, 0.2) is 0 Å². The van der Waals surface area contributed by atoms with E-state index in [1.54, 1.807) is 18.3 Å². The van der Waals surface area contributed by atoms with E-state index in [2.05, 4.69) is 15.3 Å². The van der Waals surface area contributed by atoms with Crippen molar-refractivity contribution in [1.29, 1.82) is 0 Å². The van der Waals surface area contributed by atoms with Crippen LogP contribution in [0.15, 0.2) is 18.3 Å². The Morgan fingerprint density at radius 3 is 2.35 bits per heavy atom. The highest BCUT2D eigenvalue weighted by molar-refractivity contribution is 6.42. The van der Waals surface area contributed by atoms with Gasteiger partial charge in [0.2, 0.25) is 0 Å². The second-order valence-corrected chi connectivity index (χ2v) is 6.57. The topological polar surface area (TPSA) is 58.0 Å². The largest absolute Gasteiger partial charge is 0.394 e. The third-order valence-corrected chi connectivity index (χ3v) is 3.86. The summed E-state index contributed by atoms with van der Waals surface area (Å²) in [7, 11) is 0. The van der Waals surface area contributed by atoms with Crippen molar-refractivity contribution in [3.63, 3.8) is 0 Å². The number of fused-ring (bicyclic) bond motifs is 1. The summed E-state index contributed by atoms with van der Waals surface area (Å²) in [5.41, 5.74) is 1.25. The molecule has 0 saturated heterocycles. The molecule has 0 fully saturated rings. The lowest BCUT2D eigenvalue weighted by molar-refractivity contribution is 0.201. The summed E-state index contributed by atoms with van der Waals surface area (Å²) in [5.74, 6) is 0.602. The highest BCUT2D eigenvalue weighted by atomic mass is 35.5. The van der Waals surface area contributed by atoms with Crippen molar-refractivity contribution in [3.8, 4) is 0 Å². The molecule has 0 bridgehead atoms. The molecule has 1 aromatic heterocycles. The molecule has 1 heterocycles. The molecular weight excluding hydrogens is 297 g/mol. The lowest BCUT2D eigenvalue weighted by Gasteiger charge is -2.30. The van der Waals surface area contributed by atoms with E-state index in [4.69, 9.17) is 23.2 Å². The van der Waals surface area contributed by atoms with Gasteiger partial charge in [0.05, 0.1) is 39.9 Å². The van der Waals surface area contributed by atoms with Crippen molar-refractivity contribution in [2.75, 3.05) is 11.9 Å². The fourth-order valence-electron chi connectivity index (χ4n) is 1.79. The van der Waals surface area contributed by atoms with Crippen LogP contribution < -0.4 is 5.32 Å². The molecule has 2 aromatic rings. The van der Waals surface area contributed by atoms with Gasteiger partial charge in [0.25, 0.3) is 0 Å². The molecule has 6 heteroatoms. The van der Waals surface area contributed by atoms with Crippen molar-refractivity contribution in [3.05, 3.63) is 28.4 Å². The van der Waals surface area contributed by atoms with E-state index in [1.165, 1.54) is 0 Å². The van der Waals surface area contributed by atoms with Crippen LogP contribution in [0.3, 0.4) is 0 Å². The predicted octanol–water partition coefficient (Wildman–Crippen LogP) is 3.76. The molecule has 1 aromatic carbocycles. The Kier molecular flexibility index (Phi) is 4.37. The highest BCUT2D eigenvalue weighted by Crippen LogP contribution is 2.27. The lowest BCUT2D eigenvalue weighted by atomic mass is 9.87. The zero-order chi connectivity index (χ0) is 14.9. The third-order valence-electron chi connectivity index (χ3n) is 3.13. The summed E-state index contributed by atoms with van der Waals surface area (Å²) in [6, 6.07) is 3.25. The number of hydrogen-bond acceptors (Lipinski definition) is 4. The Hall–Kier alpha value is -1.10. The second kappa shape index (κ2) is 5.72. The van der Waals surface area contributed by atoms with Gasteiger partial charge in [0, 0.05) is 0 Å². The maximum absolute atomic E-state index is 9.47. The van der Waals surface area contributed by atoms with Gasteiger partial charge in [-0.1, -0.05) is 44.0 Å². The quantitative estimate of drug-likeness (QED) is 0.906. The Balaban J connectivity index is 2.34.